The van der Waals surface area contributed by atoms with Crippen LogP contribution in [0, 0.1) is 0 Å². The van der Waals surface area contributed by atoms with Crippen molar-refractivity contribution in [2.24, 2.45) is 0 Å². The highest BCUT2D eigenvalue weighted by Gasteiger charge is 2.23. The van der Waals surface area contributed by atoms with Gasteiger partial charge in [0.1, 0.15) is 0 Å². The van der Waals surface area contributed by atoms with Crippen molar-refractivity contribution in [2.75, 3.05) is 0 Å². The van der Waals surface area contributed by atoms with E-state index in [0.717, 1.165) is 6.42 Å². The molecule has 41 heavy (non-hydrogen) atoms. The zero-order valence-electron chi connectivity index (χ0n) is 22.3. The third kappa shape index (κ3) is 8.59. The van der Waals surface area contributed by atoms with Crippen LogP contribution in [0.5, 0.6) is 0 Å². The van der Waals surface area contributed by atoms with Gasteiger partial charge in [-0.2, -0.15) is 0 Å². The molecule has 0 aliphatic rings. The van der Waals surface area contributed by atoms with E-state index in [0.29, 0.717) is 34.3 Å². The van der Waals surface area contributed by atoms with E-state index < -0.39 is 40.8 Å². The normalized spacial score (nSPS) is 11.5. The zero-order chi connectivity index (χ0) is 30.2. The highest BCUT2D eigenvalue weighted by molar-refractivity contribution is 7.90. The lowest BCUT2D eigenvalue weighted by Crippen LogP contribution is -2.27. The molecule has 2 heterocycles. The summed E-state index contributed by atoms with van der Waals surface area (Å²) in [5.41, 5.74) is -0.0497. The summed E-state index contributed by atoms with van der Waals surface area (Å²) in [7, 11) is -7.56. The molecule has 0 bridgehead atoms. The van der Waals surface area contributed by atoms with Crippen LogP contribution >= 0.6 is 23.2 Å². The standard InChI is InChI=1S/C14H15ClN2O3S.C13H13ClN2O3S/c1-2-8-17-9-7-16-13(14(17)18)21(19,20)10-11-3-5-12(15)6-4-11;1-2-16-8-7-15-12(13(16)17)20(18,19)9-10-3-5-11(14)6-4-10/h3-7,9H,2,8,10H2,1H3;3-8H,2,9H2,1H3. The molecule has 0 amide bonds. The highest BCUT2D eigenvalue weighted by atomic mass is 35.5. The number of aromatic nitrogens is 4. The Morgan fingerprint density at radius 3 is 1.44 bits per heavy atom. The molecule has 0 aliphatic heterocycles. The van der Waals surface area contributed by atoms with Crippen LogP contribution in [0.2, 0.25) is 10.0 Å². The maximum atomic E-state index is 12.4. The van der Waals surface area contributed by atoms with Crippen LogP contribution < -0.4 is 11.1 Å². The average molecular weight is 640 g/mol. The maximum absolute atomic E-state index is 12.4. The molecule has 4 aromatic rings. The van der Waals surface area contributed by atoms with Crippen LogP contribution in [0.4, 0.5) is 0 Å². The molecule has 0 fully saturated rings. The monoisotopic (exact) mass is 638 g/mol. The maximum Gasteiger partial charge on any atom is 0.288 e. The molecule has 0 radical (unpaired) electrons. The number of hydrogen-bond acceptors (Lipinski definition) is 8. The molecule has 10 nitrogen and oxygen atoms in total. The lowest BCUT2D eigenvalue weighted by Gasteiger charge is -2.07. The van der Waals surface area contributed by atoms with Crippen LogP contribution in [0.15, 0.2) is 93.0 Å². The second kappa shape index (κ2) is 14.0. The van der Waals surface area contributed by atoms with E-state index in [4.69, 9.17) is 23.2 Å². The van der Waals surface area contributed by atoms with Gasteiger partial charge in [-0.05, 0) is 48.7 Å². The third-order valence-electron chi connectivity index (χ3n) is 5.70. The number of nitrogens with zero attached hydrogens (tertiary/aromatic N) is 4. The number of halogens is 2. The predicted octanol–water partition coefficient (Wildman–Crippen LogP) is 4.17. The third-order valence-corrected chi connectivity index (χ3v) is 9.37. The largest absolute Gasteiger partial charge is 0.312 e. The molecule has 0 saturated carbocycles. The van der Waals surface area contributed by atoms with E-state index in [2.05, 4.69) is 9.97 Å². The summed E-state index contributed by atoms with van der Waals surface area (Å²) in [6.45, 7) is 4.53. The van der Waals surface area contributed by atoms with Crippen molar-refractivity contribution in [3.63, 3.8) is 0 Å². The predicted molar refractivity (Wildman–Crippen MR) is 158 cm³/mol. The number of rotatable bonds is 9. The lowest BCUT2D eigenvalue weighted by molar-refractivity contribution is 0.578. The lowest BCUT2D eigenvalue weighted by atomic mass is 10.2. The SMILES string of the molecule is CCCn1ccnc(S(=O)(=O)Cc2ccc(Cl)cc2)c1=O.CCn1ccnc(S(=O)(=O)Cc2ccc(Cl)cc2)c1=O. The first-order chi connectivity index (χ1) is 19.4. The van der Waals surface area contributed by atoms with Gasteiger partial charge < -0.3 is 9.13 Å². The Labute approximate surface area is 248 Å². The molecule has 0 aliphatic carbocycles. The quantitative estimate of drug-likeness (QED) is 0.266. The summed E-state index contributed by atoms with van der Waals surface area (Å²) in [6.07, 6.45) is 6.35. The van der Waals surface area contributed by atoms with Gasteiger partial charge in [-0.25, -0.2) is 26.8 Å². The first-order valence-electron chi connectivity index (χ1n) is 12.4. The molecule has 0 spiro atoms. The Kier molecular flexibility index (Phi) is 11.0. The molecule has 218 valence electrons. The van der Waals surface area contributed by atoms with Gasteiger partial charge in [-0.15, -0.1) is 0 Å². The van der Waals surface area contributed by atoms with Crippen LogP contribution in [-0.2, 0) is 44.3 Å². The van der Waals surface area contributed by atoms with E-state index in [1.807, 2.05) is 6.92 Å². The van der Waals surface area contributed by atoms with E-state index in [9.17, 15) is 26.4 Å². The molecule has 0 saturated heterocycles. The van der Waals surface area contributed by atoms with Gasteiger partial charge in [0.15, 0.2) is 0 Å². The topological polar surface area (TPSA) is 138 Å². The van der Waals surface area contributed by atoms with Gasteiger partial charge in [0.2, 0.25) is 29.7 Å². The summed E-state index contributed by atoms with van der Waals surface area (Å²) in [4.78, 5) is 31.6. The summed E-state index contributed by atoms with van der Waals surface area (Å²) in [5.74, 6) is -0.553. The summed E-state index contributed by atoms with van der Waals surface area (Å²) >= 11 is 11.5. The molecule has 2 aromatic carbocycles. The molecule has 2 aromatic heterocycles. The van der Waals surface area contributed by atoms with Crippen molar-refractivity contribution in [1.29, 1.82) is 0 Å². The molecule has 4 rings (SSSR count). The first-order valence-corrected chi connectivity index (χ1v) is 16.5. The minimum absolute atomic E-state index is 0.275. The van der Waals surface area contributed by atoms with E-state index in [-0.39, 0.29) is 11.5 Å². The Morgan fingerprint density at radius 2 is 1.05 bits per heavy atom. The fourth-order valence-electron chi connectivity index (χ4n) is 3.68. The summed E-state index contributed by atoms with van der Waals surface area (Å²) in [6, 6.07) is 12.9. The molecule has 0 atom stereocenters. The molecular formula is C27H28Cl2N4O6S2. The number of hydrogen-bond donors (Lipinski definition) is 0. The van der Waals surface area contributed by atoms with Crippen molar-refractivity contribution in [2.45, 2.75) is 54.9 Å². The van der Waals surface area contributed by atoms with Crippen molar-refractivity contribution in [3.05, 3.63) is 115 Å². The van der Waals surface area contributed by atoms with Gasteiger partial charge in [0, 0.05) is 47.9 Å². The summed E-state index contributed by atoms with van der Waals surface area (Å²) in [5, 5.41) is 0.224. The van der Waals surface area contributed by atoms with E-state index in [1.165, 1.54) is 33.9 Å². The van der Waals surface area contributed by atoms with E-state index >= 15 is 0 Å². The van der Waals surface area contributed by atoms with Crippen LogP contribution in [0.1, 0.15) is 31.4 Å². The molecule has 0 N–H and O–H groups in total. The molecular weight excluding hydrogens is 611 g/mol. The Bertz CT molecular complexity index is 1820. The zero-order valence-corrected chi connectivity index (χ0v) is 25.4. The van der Waals surface area contributed by atoms with Crippen molar-refractivity contribution in [3.8, 4) is 0 Å². The Balaban J connectivity index is 0.000000226. The Morgan fingerprint density at radius 1 is 0.659 bits per heavy atom. The second-order valence-electron chi connectivity index (χ2n) is 8.83. The van der Waals surface area contributed by atoms with E-state index in [1.54, 1.807) is 55.5 Å². The van der Waals surface area contributed by atoms with Gasteiger partial charge in [0.05, 0.1) is 11.5 Å². The van der Waals surface area contributed by atoms with Gasteiger partial charge in [-0.3, -0.25) is 9.59 Å². The van der Waals surface area contributed by atoms with Crippen molar-refractivity contribution in [1.82, 2.24) is 19.1 Å². The molecule has 14 heteroatoms. The number of benzene rings is 2. The minimum atomic E-state index is -3.79. The fourth-order valence-corrected chi connectivity index (χ4v) is 6.68. The number of sulfone groups is 2. The average Bonchev–Trinajstić information content (AvgIpc) is 2.92. The van der Waals surface area contributed by atoms with Crippen LogP contribution in [0.25, 0.3) is 0 Å². The molecule has 0 unspecified atom stereocenters. The Hall–Kier alpha value is -3.32. The second-order valence-corrected chi connectivity index (χ2v) is 13.5. The number of aryl methyl sites for hydroxylation is 2. The van der Waals surface area contributed by atoms with Gasteiger partial charge in [-0.1, -0.05) is 54.4 Å². The van der Waals surface area contributed by atoms with Crippen molar-refractivity contribution >= 4 is 42.9 Å². The minimum Gasteiger partial charge on any atom is -0.312 e. The first kappa shape index (κ1) is 32.2. The van der Waals surface area contributed by atoms with Crippen molar-refractivity contribution < 1.29 is 16.8 Å². The van der Waals surface area contributed by atoms with Gasteiger partial charge >= 0.3 is 0 Å². The van der Waals surface area contributed by atoms with Crippen LogP contribution in [-0.4, -0.2) is 35.9 Å². The fraction of sp³-hybridized carbons (Fsp3) is 0.259. The highest BCUT2D eigenvalue weighted by Crippen LogP contribution is 2.16. The summed E-state index contributed by atoms with van der Waals surface area (Å²) < 4.78 is 51.9. The van der Waals surface area contributed by atoms with Gasteiger partial charge in [0.25, 0.3) is 11.1 Å². The smallest absolute Gasteiger partial charge is 0.288 e. The van der Waals surface area contributed by atoms with Crippen LogP contribution in [0.3, 0.4) is 0 Å².